The molecule has 1 aromatic heterocycles. The molecule has 0 spiro atoms. The molecule has 1 aliphatic carbocycles. The minimum Gasteiger partial charge on any atom is -0.295 e. The van der Waals surface area contributed by atoms with E-state index in [0.29, 0.717) is 6.42 Å². The van der Waals surface area contributed by atoms with Gasteiger partial charge in [0.25, 0.3) is 0 Å². The molecule has 116 valence electrons. The molecule has 0 saturated carbocycles. The van der Waals surface area contributed by atoms with Crippen LogP contribution in [0.1, 0.15) is 26.7 Å². The zero-order valence-electron chi connectivity index (χ0n) is 12.6. The topological polar surface area (TPSA) is 30.0 Å². The molecule has 1 heterocycles. The number of para-hydroxylation sites is 1. The number of nitrogens with zero attached hydrogens (tertiary/aromatic N) is 1. The normalized spacial score (nSPS) is 21.7. The molecule has 0 fully saturated rings. The molecule has 0 bridgehead atoms. The van der Waals surface area contributed by atoms with E-state index in [9.17, 15) is 4.79 Å². The summed E-state index contributed by atoms with van der Waals surface area (Å²) in [6.45, 7) is 3.93. The summed E-state index contributed by atoms with van der Waals surface area (Å²) in [5, 5.41) is 0. The van der Waals surface area contributed by atoms with Gasteiger partial charge >= 0.3 is 0 Å². The SMILES string of the molecule is CC1=CCC(C(C)(Cl)CSc2nc3ccccc3s2)CC1=O. The third-order valence-corrected chi connectivity index (χ3v) is 7.30. The third kappa shape index (κ3) is 3.39. The maximum atomic E-state index is 11.9. The average Bonchev–Trinajstić information content (AvgIpc) is 2.91. The molecule has 2 aromatic rings. The van der Waals surface area contributed by atoms with Crippen molar-refractivity contribution in [2.75, 3.05) is 5.75 Å². The van der Waals surface area contributed by atoms with E-state index >= 15 is 0 Å². The molecule has 5 heteroatoms. The zero-order valence-corrected chi connectivity index (χ0v) is 15.0. The second kappa shape index (κ2) is 6.34. The Balaban J connectivity index is 1.68. The Morgan fingerprint density at radius 2 is 2.23 bits per heavy atom. The van der Waals surface area contributed by atoms with Crippen molar-refractivity contribution in [1.29, 1.82) is 0 Å². The van der Waals surface area contributed by atoms with Crippen molar-refractivity contribution in [2.24, 2.45) is 5.92 Å². The van der Waals surface area contributed by atoms with Gasteiger partial charge in [0.2, 0.25) is 0 Å². The minimum absolute atomic E-state index is 0.201. The Hall–Kier alpha value is -0.840. The van der Waals surface area contributed by atoms with Crippen LogP contribution in [0.15, 0.2) is 40.3 Å². The van der Waals surface area contributed by atoms with Gasteiger partial charge in [-0.25, -0.2) is 4.98 Å². The summed E-state index contributed by atoms with van der Waals surface area (Å²) in [6.07, 6.45) is 3.47. The van der Waals surface area contributed by atoms with Crippen molar-refractivity contribution >= 4 is 50.7 Å². The number of thiazole rings is 1. The highest BCUT2D eigenvalue weighted by molar-refractivity contribution is 8.01. The Morgan fingerprint density at radius 1 is 1.45 bits per heavy atom. The van der Waals surface area contributed by atoms with Crippen LogP contribution in [0.25, 0.3) is 10.2 Å². The molecule has 0 radical (unpaired) electrons. The first-order chi connectivity index (χ1) is 10.5. The number of hydrogen-bond acceptors (Lipinski definition) is 4. The van der Waals surface area contributed by atoms with Crippen molar-refractivity contribution in [1.82, 2.24) is 4.98 Å². The summed E-state index contributed by atoms with van der Waals surface area (Å²) in [6, 6.07) is 8.15. The van der Waals surface area contributed by atoms with Gasteiger partial charge in [0.05, 0.1) is 15.1 Å². The number of allylic oxidation sites excluding steroid dienone is 2. The van der Waals surface area contributed by atoms with Gasteiger partial charge in [-0.05, 0) is 43.9 Å². The van der Waals surface area contributed by atoms with E-state index in [1.54, 1.807) is 23.1 Å². The van der Waals surface area contributed by atoms with Crippen LogP contribution < -0.4 is 0 Å². The molecule has 0 amide bonds. The highest BCUT2D eigenvalue weighted by Gasteiger charge is 2.35. The van der Waals surface area contributed by atoms with Crippen molar-refractivity contribution in [3.63, 3.8) is 0 Å². The lowest BCUT2D eigenvalue weighted by atomic mass is 9.81. The van der Waals surface area contributed by atoms with Crippen molar-refractivity contribution in [3.05, 3.63) is 35.9 Å². The van der Waals surface area contributed by atoms with Gasteiger partial charge in [0.15, 0.2) is 10.1 Å². The van der Waals surface area contributed by atoms with Crippen LogP contribution in [0.4, 0.5) is 0 Å². The molecule has 0 aliphatic heterocycles. The fourth-order valence-corrected chi connectivity index (χ4v) is 5.11. The maximum Gasteiger partial charge on any atom is 0.158 e. The monoisotopic (exact) mass is 351 g/mol. The van der Waals surface area contributed by atoms with Crippen LogP contribution >= 0.6 is 34.7 Å². The zero-order chi connectivity index (χ0) is 15.7. The standard InChI is InChI=1S/C17H18ClNOS2/c1-11-7-8-12(9-14(11)20)17(2,18)10-21-16-19-13-5-3-4-6-15(13)22-16/h3-7,12H,8-10H2,1-2H3. The van der Waals surface area contributed by atoms with Crippen LogP contribution in [0.5, 0.6) is 0 Å². The molecule has 0 N–H and O–H groups in total. The summed E-state index contributed by atoms with van der Waals surface area (Å²) in [4.78, 5) is 16.1. The summed E-state index contributed by atoms with van der Waals surface area (Å²) in [5.41, 5.74) is 1.92. The highest BCUT2D eigenvalue weighted by atomic mass is 35.5. The summed E-state index contributed by atoms with van der Waals surface area (Å²) < 4.78 is 2.25. The number of ketones is 1. The first-order valence-electron chi connectivity index (χ1n) is 7.33. The van der Waals surface area contributed by atoms with Crippen LogP contribution in [0.3, 0.4) is 0 Å². The fraction of sp³-hybridized carbons (Fsp3) is 0.412. The van der Waals surface area contributed by atoms with Crippen molar-refractivity contribution in [2.45, 2.75) is 35.9 Å². The van der Waals surface area contributed by atoms with Crippen LogP contribution in [-0.4, -0.2) is 21.4 Å². The van der Waals surface area contributed by atoms with Crippen LogP contribution in [0, 0.1) is 5.92 Å². The van der Waals surface area contributed by atoms with E-state index in [2.05, 4.69) is 11.1 Å². The van der Waals surface area contributed by atoms with Gasteiger partial charge < -0.3 is 0 Å². The van der Waals surface area contributed by atoms with E-state index in [-0.39, 0.29) is 11.7 Å². The van der Waals surface area contributed by atoms with Crippen LogP contribution in [-0.2, 0) is 4.79 Å². The molecule has 1 aliphatic rings. The highest BCUT2D eigenvalue weighted by Crippen LogP contribution is 2.40. The predicted molar refractivity (Wildman–Crippen MR) is 96.1 cm³/mol. The Labute approximate surface area is 144 Å². The van der Waals surface area contributed by atoms with E-state index in [4.69, 9.17) is 11.6 Å². The Bertz CT molecular complexity index is 702. The molecule has 1 aromatic carbocycles. The lowest BCUT2D eigenvalue weighted by Crippen LogP contribution is -2.34. The Morgan fingerprint density at radius 3 is 2.95 bits per heavy atom. The second-order valence-corrected chi connectivity index (χ2v) is 9.08. The van der Waals surface area contributed by atoms with E-state index in [1.165, 1.54) is 4.70 Å². The van der Waals surface area contributed by atoms with Gasteiger partial charge in [0.1, 0.15) is 0 Å². The molecule has 2 atom stereocenters. The fourth-order valence-electron chi connectivity index (χ4n) is 2.59. The number of carbonyl (C=O) groups is 1. The smallest absolute Gasteiger partial charge is 0.158 e. The van der Waals surface area contributed by atoms with Gasteiger partial charge in [-0.2, -0.15) is 0 Å². The van der Waals surface area contributed by atoms with E-state index in [0.717, 1.165) is 27.6 Å². The van der Waals surface area contributed by atoms with Crippen molar-refractivity contribution < 1.29 is 4.79 Å². The number of benzene rings is 1. The van der Waals surface area contributed by atoms with Gasteiger partial charge in [0, 0.05) is 12.2 Å². The number of Topliss-reactive ketones (excluding diaryl/α,β-unsaturated/α-hetero) is 1. The quantitative estimate of drug-likeness (QED) is 0.552. The molecule has 22 heavy (non-hydrogen) atoms. The summed E-state index contributed by atoms with van der Waals surface area (Å²) in [5.74, 6) is 1.19. The molecule has 2 unspecified atom stereocenters. The number of carbonyl (C=O) groups excluding carboxylic acids is 1. The number of rotatable bonds is 4. The second-order valence-electron chi connectivity index (χ2n) is 5.96. The molecular weight excluding hydrogens is 334 g/mol. The third-order valence-electron chi connectivity index (χ3n) is 4.18. The number of hydrogen-bond donors (Lipinski definition) is 0. The van der Waals surface area contributed by atoms with Gasteiger partial charge in [-0.15, -0.1) is 22.9 Å². The summed E-state index contributed by atoms with van der Waals surface area (Å²) in [7, 11) is 0. The first-order valence-corrected chi connectivity index (χ1v) is 9.51. The lowest BCUT2D eigenvalue weighted by molar-refractivity contribution is -0.117. The first kappa shape index (κ1) is 16.0. The molecular formula is C17H18ClNOS2. The van der Waals surface area contributed by atoms with E-state index < -0.39 is 4.87 Å². The molecule has 0 saturated heterocycles. The maximum absolute atomic E-state index is 11.9. The van der Waals surface area contributed by atoms with Crippen LogP contribution in [0.2, 0.25) is 0 Å². The number of halogens is 1. The molecule has 2 nitrogen and oxygen atoms in total. The Kier molecular flexibility index (Phi) is 4.62. The van der Waals surface area contributed by atoms with Gasteiger partial charge in [-0.3, -0.25) is 4.79 Å². The summed E-state index contributed by atoms with van der Waals surface area (Å²) >= 11 is 10.1. The van der Waals surface area contributed by atoms with E-state index in [1.807, 2.05) is 38.1 Å². The average molecular weight is 352 g/mol. The number of thioether (sulfide) groups is 1. The van der Waals surface area contributed by atoms with Crippen molar-refractivity contribution in [3.8, 4) is 0 Å². The molecule has 3 rings (SSSR count). The lowest BCUT2D eigenvalue weighted by Gasteiger charge is -2.32. The number of fused-ring (bicyclic) bond motifs is 1. The minimum atomic E-state index is -0.393. The predicted octanol–water partition coefficient (Wildman–Crippen LogP) is 5.31. The largest absolute Gasteiger partial charge is 0.295 e. The van der Waals surface area contributed by atoms with Gasteiger partial charge in [-0.1, -0.05) is 30.0 Å². The number of aromatic nitrogens is 1. The number of alkyl halides is 1.